The number of anilines is 2. The Morgan fingerprint density at radius 3 is 2.61 bits per heavy atom. The molecule has 10 heteroatoms. The second kappa shape index (κ2) is 9.43. The lowest BCUT2D eigenvalue weighted by Gasteiger charge is -2.44. The number of hydrogen-bond acceptors (Lipinski definition) is 5. The van der Waals surface area contributed by atoms with Gasteiger partial charge in [-0.1, -0.05) is 25.0 Å². The molecule has 2 unspecified atom stereocenters. The van der Waals surface area contributed by atoms with Crippen LogP contribution in [0.5, 0.6) is 0 Å². The van der Waals surface area contributed by atoms with Gasteiger partial charge in [-0.15, -0.1) is 0 Å². The maximum absolute atomic E-state index is 14.1. The number of rotatable bonds is 4. The molecule has 1 saturated heterocycles. The average molecular weight is 558 g/mol. The molecule has 3 amide bonds. The fourth-order valence-electron chi connectivity index (χ4n) is 7.45. The van der Waals surface area contributed by atoms with Crippen molar-refractivity contribution < 1.29 is 23.2 Å². The largest absolute Gasteiger partial charge is 0.326 e. The van der Waals surface area contributed by atoms with Crippen LogP contribution in [0.25, 0.3) is 0 Å². The van der Waals surface area contributed by atoms with E-state index in [2.05, 4.69) is 20.6 Å². The molecule has 2 aliphatic carbocycles. The molecule has 2 N–H and O–H groups in total. The van der Waals surface area contributed by atoms with Crippen molar-refractivity contribution in [1.82, 2.24) is 14.9 Å². The number of piperidine rings is 1. The van der Waals surface area contributed by atoms with E-state index in [1.54, 1.807) is 12.3 Å². The Bertz CT molecular complexity index is 1580. The van der Waals surface area contributed by atoms with E-state index in [1.807, 2.05) is 18.2 Å². The third kappa shape index (κ3) is 4.19. The highest BCUT2D eigenvalue weighted by atomic mass is 19.1. The van der Waals surface area contributed by atoms with Crippen molar-refractivity contribution in [3.63, 3.8) is 0 Å². The first-order valence-corrected chi connectivity index (χ1v) is 14.1. The molecule has 0 bridgehead atoms. The molecule has 0 radical (unpaired) electrons. The van der Waals surface area contributed by atoms with Gasteiger partial charge in [-0.3, -0.25) is 14.4 Å². The summed E-state index contributed by atoms with van der Waals surface area (Å²) in [6, 6.07) is 9.96. The topological polar surface area (TPSA) is 104 Å². The second-order valence-electron chi connectivity index (χ2n) is 11.8. The Labute approximate surface area is 235 Å². The number of hydrogen-bond donors (Lipinski definition) is 2. The van der Waals surface area contributed by atoms with Crippen LogP contribution in [-0.4, -0.2) is 39.1 Å². The summed E-state index contributed by atoms with van der Waals surface area (Å²) in [5.74, 6) is -1.22. The van der Waals surface area contributed by atoms with Gasteiger partial charge in [-0.05, 0) is 67.5 Å². The number of halogens is 2. The molecule has 1 aromatic carbocycles. The third-order valence-electron chi connectivity index (χ3n) is 9.42. The van der Waals surface area contributed by atoms with E-state index in [0.29, 0.717) is 42.9 Å². The Balaban J connectivity index is 1.12. The Morgan fingerprint density at radius 1 is 1.05 bits per heavy atom. The summed E-state index contributed by atoms with van der Waals surface area (Å²) in [4.78, 5) is 50.6. The van der Waals surface area contributed by atoms with Crippen LogP contribution in [0.4, 0.5) is 20.4 Å². The predicted molar refractivity (Wildman–Crippen MR) is 146 cm³/mol. The van der Waals surface area contributed by atoms with Crippen molar-refractivity contribution in [1.29, 1.82) is 0 Å². The van der Waals surface area contributed by atoms with Gasteiger partial charge in [0.1, 0.15) is 29.8 Å². The Kier molecular flexibility index (Phi) is 5.92. The highest BCUT2D eigenvalue weighted by Crippen LogP contribution is 2.50. The van der Waals surface area contributed by atoms with Crippen molar-refractivity contribution in [2.24, 2.45) is 5.41 Å². The first-order valence-electron chi connectivity index (χ1n) is 14.1. The van der Waals surface area contributed by atoms with E-state index in [4.69, 9.17) is 0 Å². The maximum Gasteiger partial charge on any atom is 0.245 e. The molecule has 4 aliphatic rings. The highest BCUT2D eigenvalue weighted by molar-refractivity contribution is 6.06. The van der Waals surface area contributed by atoms with Gasteiger partial charge in [-0.2, -0.15) is 0 Å². The molecular formula is C31H29F2N5O3. The van der Waals surface area contributed by atoms with Crippen LogP contribution in [0.2, 0.25) is 0 Å². The minimum absolute atomic E-state index is 0.112. The van der Waals surface area contributed by atoms with Crippen LogP contribution in [0, 0.1) is 17.0 Å². The zero-order valence-electron chi connectivity index (χ0n) is 22.4. The number of likely N-dealkylation sites (tertiary alicyclic amines) is 1. The summed E-state index contributed by atoms with van der Waals surface area (Å²) < 4.78 is 28.2. The number of aromatic nitrogens is 2. The van der Waals surface area contributed by atoms with Gasteiger partial charge in [-0.25, -0.2) is 18.7 Å². The van der Waals surface area contributed by atoms with Crippen LogP contribution < -0.4 is 10.6 Å². The van der Waals surface area contributed by atoms with Crippen LogP contribution in [0.3, 0.4) is 0 Å². The number of benzene rings is 1. The molecule has 2 spiro atoms. The van der Waals surface area contributed by atoms with E-state index in [0.717, 1.165) is 48.6 Å². The molecule has 2 aromatic heterocycles. The van der Waals surface area contributed by atoms with Crippen LogP contribution in [0.15, 0.2) is 48.7 Å². The lowest BCUT2D eigenvalue weighted by atomic mass is 9.74. The lowest BCUT2D eigenvalue weighted by Crippen LogP contribution is -2.51. The van der Waals surface area contributed by atoms with Gasteiger partial charge >= 0.3 is 0 Å². The normalized spacial score (nSPS) is 24.0. The summed E-state index contributed by atoms with van der Waals surface area (Å²) in [5, 5.41) is 5.69. The third-order valence-corrected chi connectivity index (χ3v) is 9.42. The molecular weight excluding hydrogens is 528 g/mol. The fourth-order valence-corrected chi connectivity index (χ4v) is 7.45. The predicted octanol–water partition coefficient (Wildman–Crippen LogP) is 4.61. The lowest BCUT2D eigenvalue weighted by molar-refractivity contribution is -0.152. The van der Waals surface area contributed by atoms with Gasteiger partial charge in [0.05, 0.1) is 11.5 Å². The zero-order valence-corrected chi connectivity index (χ0v) is 22.4. The number of pyridine rings is 2. The number of nitrogens with one attached hydrogen (secondary N) is 2. The quantitative estimate of drug-likeness (QED) is 0.488. The standard InChI is InChI=1S/C31H29F2N5O3/c32-20-12-19(13-21(33)14-20)24-7-10-30(8-1-2-9-30)29(41)38(24)17-26(39)36-25-6-5-18-15-31(16-23(18)35-25)22-4-3-11-34-27(22)37-28(31)40/h3-6,11-14,24H,1-2,7-10,15-17H2,(H,34,37,40)(H,35,36,39). The van der Waals surface area contributed by atoms with Crippen molar-refractivity contribution in [3.05, 3.63) is 82.7 Å². The maximum atomic E-state index is 14.1. The van der Waals surface area contributed by atoms with Crippen LogP contribution >= 0.6 is 0 Å². The molecule has 4 heterocycles. The van der Waals surface area contributed by atoms with E-state index < -0.39 is 34.4 Å². The molecule has 3 aromatic rings. The summed E-state index contributed by atoms with van der Waals surface area (Å²) in [6.07, 6.45) is 7.09. The molecule has 2 aliphatic heterocycles. The van der Waals surface area contributed by atoms with Crippen molar-refractivity contribution >= 4 is 29.4 Å². The molecule has 8 nitrogen and oxygen atoms in total. The molecule has 1 saturated carbocycles. The van der Waals surface area contributed by atoms with Crippen LogP contribution in [0.1, 0.15) is 67.0 Å². The average Bonchev–Trinajstić information content (AvgIpc) is 3.63. The number of nitrogens with zero attached hydrogens (tertiary/aromatic N) is 3. The van der Waals surface area contributed by atoms with Gasteiger partial charge in [0.2, 0.25) is 17.7 Å². The Hall–Kier alpha value is -4.21. The van der Waals surface area contributed by atoms with E-state index >= 15 is 0 Å². The second-order valence-corrected chi connectivity index (χ2v) is 11.8. The van der Waals surface area contributed by atoms with E-state index in [1.165, 1.54) is 17.0 Å². The first-order chi connectivity index (χ1) is 19.8. The smallest absolute Gasteiger partial charge is 0.245 e. The summed E-state index contributed by atoms with van der Waals surface area (Å²) >= 11 is 0. The zero-order chi connectivity index (χ0) is 28.4. The van der Waals surface area contributed by atoms with Crippen LogP contribution in [-0.2, 0) is 32.6 Å². The van der Waals surface area contributed by atoms with Gasteiger partial charge in [0, 0.05) is 35.4 Å². The van der Waals surface area contributed by atoms with Gasteiger partial charge in [0.15, 0.2) is 0 Å². The fraction of sp³-hybridized carbons (Fsp3) is 0.387. The van der Waals surface area contributed by atoms with E-state index in [-0.39, 0.29) is 18.4 Å². The van der Waals surface area contributed by atoms with E-state index in [9.17, 15) is 23.2 Å². The van der Waals surface area contributed by atoms with Gasteiger partial charge in [0.25, 0.3) is 0 Å². The number of fused-ring (bicyclic) bond motifs is 3. The summed E-state index contributed by atoms with van der Waals surface area (Å²) in [6.45, 7) is -0.256. The number of carbonyl (C=O) groups excluding carboxylic acids is 3. The van der Waals surface area contributed by atoms with Crippen molar-refractivity contribution in [2.45, 2.75) is 62.8 Å². The summed E-state index contributed by atoms with van der Waals surface area (Å²) in [7, 11) is 0. The molecule has 7 rings (SSSR count). The minimum atomic E-state index is -0.773. The van der Waals surface area contributed by atoms with Crippen molar-refractivity contribution in [3.8, 4) is 0 Å². The van der Waals surface area contributed by atoms with Crippen molar-refractivity contribution in [2.75, 3.05) is 17.2 Å². The monoisotopic (exact) mass is 557 g/mol. The van der Waals surface area contributed by atoms with Gasteiger partial charge < -0.3 is 15.5 Å². The molecule has 41 heavy (non-hydrogen) atoms. The number of carbonyl (C=O) groups is 3. The highest BCUT2D eigenvalue weighted by Gasteiger charge is 2.52. The minimum Gasteiger partial charge on any atom is -0.326 e. The Morgan fingerprint density at radius 2 is 1.83 bits per heavy atom. The molecule has 2 fully saturated rings. The molecule has 210 valence electrons. The SMILES string of the molecule is O=C(CN1C(=O)C2(CCCC2)CCC1c1cc(F)cc(F)c1)Nc1ccc2c(n1)CC1(C2)C(=O)Nc2ncccc21. The number of amides is 3. The summed E-state index contributed by atoms with van der Waals surface area (Å²) in [5.41, 5.74) is 1.56. The molecule has 2 atom stereocenters. The first kappa shape index (κ1) is 25.7.